The maximum atomic E-state index is 4.64. The number of rotatable bonds is 7. The molecule has 0 aliphatic heterocycles. The summed E-state index contributed by atoms with van der Waals surface area (Å²) in [7, 11) is 0. The Kier molecular flexibility index (Phi) is 5.41. The van der Waals surface area contributed by atoms with Crippen LogP contribution in [-0.2, 0) is 6.54 Å². The smallest absolute Gasteiger partial charge is 0.194 e. The quantitative estimate of drug-likeness (QED) is 0.797. The van der Waals surface area contributed by atoms with Gasteiger partial charge in [0.2, 0.25) is 0 Å². The van der Waals surface area contributed by atoms with Gasteiger partial charge in [-0.15, -0.1) is 11.3 Å². The van der Waals surface area contributed by atoms with Gasteiger partial charge in [-0.05, 0) is 41.5 Å². The van der Waals surface area contributed by atoms with E-state index in [0.717, 1.165) is 30.3 Å². The summed E-state index contributed by atoms with van der Waals surface area (Å²) in [6.07, 6.45) is 2.19. The van der Waals surface area contributed by atoms with Crippen molar-refractivity contribution in [3.8, 4) is 0 Å². The lowest BCUT2D eigenvalue weighted by atomic mass is 10.2. The molecule has 4 nitrogen and oxygen atoms in total. The Hall–Kier alpha value is -0.910. The summed E-state index contributed by atoms with van der Waals surface area (Å²) in [5.41, 5.74) is 2.42. The van der Waals surface area contributed by atoms with Gasteiger partial charge in [0.1, 0.15) is 0 Å². The monoisotopic (exact) mass is 308 g/mol. The molecule has 0 fully saturated rings. The van der Waals surface area contributed by atoms with E-state index < -0.39 is 0 Å². The molecular weight excluding hydrogens is 280 g/mol. The normalized spacial score (nSPS) is 12.4. The highest BCUT2D eigenvalue weighted by Gasteiger charge is 2.13. The summed E-state index contributed by atoms with van der Waals surface area (Å²) in [6.45, 7) is 16.3. The molecule has 2 heterocycles. The second kappa shape index (κ2) is 6.90. The van der Waals surface area contributed by atoms with Crippen LogP contribution in [0.4, 0.5) is 0 Å². The number of thiazole rings is 1. The largest absolute Gasteiger partial charge is 0.310 e. The van der Waals surface area contributed by atoms with Crippen LogP contribution >= 0.6 is 11.3 Å². The maximum absolute atomic E-state index is 4.64. The van der Waals surface area contributed by atoms with E-state index in [2.05, 4.69) is 67.3 Å². The topological polar surface area (TPSA) is 32.6 Å². The summed E-state index contributed by atoms with van der Waals surface area (Å²) in [5, 5.41) is 3.57. The molecule has 0 aliphatic carbocycles. The van der Waals surface area contributed by atoms with E-state index in [9.17, 15) is 0 Å². The van der Waals surface area contributed by atoms with Crippen LogP contribution in [-0.4, -0.2) is 39.5 Å². The third kappa shape index (κ3) is 3.84. The molecule has 118 valence electrons. The number of imidazole rings is 1. The van der Waals surface area contributed by atoms with Crippen LogP contribution in [0.15, 0.2) is 6.20 Å². The van der Waals surface area contributed by atoms with E-state index in [1.54, 1.807) is 11.3 Å². The zero-order valence-corrected chi connectivity index (χ0v) is 14.9. The molecule has 0 bridgehead atoms. The molecule has 0 saturated heterocycles. The van der Waals surface area contributed by atoms with Crippen LogP contribution in [0.1, 0.15) is 44.0 Å². The molecular formula is C16H28N4S. The third-order valence-electron chi connectivity index (χ3n) is 3.91. The van der Waals surface area contributed by atoms with Gasteiger partial charge >= 0.3 is 0 Å². The third-order valence-corrected chi connectivity index (χ3v) is 4.80. The van der Waals surface area contributed by atoms with Crippen molar-refractivity contribution >= 4 is 16.3 Å². The van der Waals surface area contributed by atoms with Crippen molar-refractivity contribution in [3.63, 3.8) is 0 Å². The van der Waals surface area contributed by atoms with Crippen molar-refractivity contribution in [2.45, 2.75) is 60.2 Å². The van der Waals surface area contributed by atoms with Crippen molar-refractivity contribution in [1.82, 2.24) is 19.6 Å². The highest BCUT2D eigenvalue weighted by molar-refractivity contribution is 7.17. The van der Waals surface area contributed by atoms with Crippen molar-refractivity contribution in [2.24, 2.45) is 0 Å². The van der Waals surface area contributed by atoms with Crippen LogP contribution < -0.4 is 5.32 Å². The average molecular weight is 308 g/mol. The second-order valence-corrected chi connectivity index (χ2v) is 7.45. The molecule has 0 unspecified atom stereocenters. The van der Waals surface area contributed by atoms with Gasteiger partial charge < -0.3 is 5.32 Å². The van der Waals surface area contributed by atoms with Crippen molar-refractivity contribution in [1.29, 1.82) is 0 Å². The molecule has 0 aliphatic rings. The van der Waals surface area contributed by atoms with E-state index in [0.29, 0.717) is 12.1 Å². The lowest BCUT2D eigenvalue weighted by molar-refractivity contribution is 0.175. The fraction of sp³-hybridized carbons (Fsp3) is 0.688. The summed E-state index contributed by atoms with van der Waals surface area (Å²) in [6, 6.07) is 1.18. The number of hydrogen-bond acceptors (Lipinski definition) is 4. The van der Waals surface area contributed by atoms with E-state index in [1.807, 2.05) is 0 Å². The summed E-state index contributed by atoms with van der Waals surface area (Å²) in [5.74, 6) is 0. The SMILES string of the molecule is Cc1cn2c(CNCCN(C(C)C)C(C)C)c(C)nc2s1. The van der Waals surface area contributed by atoms with Gasteiger partial charge in [-0.2, -0.15) is 0 Å². The fourth-order valence-electron chi connectivity index (χ4n) is 2.85. The first-order valence-corrected chi connectivity index (χ1v) is 8.62. The van der Waals surface area contributed by atoms with E-state index in [1.165, 1.54) is 10.6 Å². The molecule has 0 radical (unpaired) electrons. The van der Waals surface area contributed by atoms with Crippen molar-refractivity contribution in [2.75, 3.05) is 13.1 Å². The zero-order valence-electron chi connectivity index (χ0n) is 14.1. The van der Waals surface area contributed by atoms with Crippen LogP contribution in [0.2, 0.25) is 0 Å². The number of fused-ring (bicyclic) bond motifs is 1. The Bertz CT molecular complexity index is 574. The Morgan fingerprint density at radius 1 is 1.24 bits per heavy atom. The van der Waals surface area contributed by atoms with E-state index in [-0.39, 0.29) is 0 Å². The number of nitrogens with one attached hydrogen (secondary N) is 1. The average Bonchev–Trinajstić information content (AvgIpc) is 2.84. The first kappa shape index (κ1) is 16.5. The predicted molar refractivity (Wildman–Crippen MR) is 91.2 cm³/mol. The van der Waals surface area contributed by atoms with E-state index in [4.69, 9.17) is 0 Å². The molecule has 0 saturated carbocycles. The summed E-state index contributed by atoms with van der Waals surface area (Å²) < 4.78 is 2.23. The van der Waals surface area contributed by atoms with Gasteiger partial charge in [-0.1, -0.05) is 0 Å². The highest BCUT2D eigenvalue weighted by atomic mass is 32.1. The first-order chi connectivity index (χ1) is 9.90. The van der Waals surface area contributed by atoms with Crippen molar-refractivity contribution in [3.05, 3.63) is 22.5 Å². The van der Waals surface area contributed by atoms with Gasteiger partial charge in [-0.25, -0.2) is 4.98 Å². The lowest BCUT2D eigenvalue weighted by Crippen LogP contribution is -2.41. The van der Waals surface area contributed by atoms with Crippen LogP contribution in [0, 0.1) is 13.8 Å². The van der Waals surface area contributed by atoms with Crippen LogP contribution in [0.25, 0.3) is 4.96 Å². The molecule has 1 N–H and O–H groups in total. The van der Waals surface area contributed by atoms with Crippen LogP contribution in [0.5, 0.6) is 0 Å². The predicted octanol–water partition coefficient (Wildman–Crippen LogP) is 3.22. The lowest BCUT2D eigenvalue weighted by Gasteiger charge is -2.30. The minimum absolute atomic E-state index is 0.592. The van der Waals surface area contributed by atoms with Crippen LogP contribution in [0.3, 0.4) is 0 Å². The van der Waals surface area contributed by atoms with Gasteiger partial charge in [0.05, 0.1) is 11.4 Å². The Morgan fingerprint density at radius 3 is 2.52 bits per heavy atom. The minimum Gasteiger partial charge on any atom is -0.310 e. The molecule has 5 heteroatoms. The second-order valence-electron chi connectivity index (χ2n) is 6.24. The molecule has 2 aromatic heterocycles. The van der Waals surface area contributed by atoms with E-state index >= 15 is 0 Å². The van der Waals surface area contributed by atoms with Gasteiger partial charge in [0.15, 0.2) is 4.96 Å². The molecule has 2 rings (SSSR count). The minimum atomic E-state index is 0.592. The molecule has 0 aromatic carbocycles. The Labute approximate surface area is 132 Å². The number of aryl methyl sites for hydroxylation is 2. The highest BCUT2D eigenvalue weighted by Crippen LogP contribution is 2.20. The van der Waals surface area contributed by atoms with Gasteiger partial charge in [-0.3, -0.25) is 9.30 Å². The Balaban J connectivity index is 1.91. The van der Waals surface area contributed by atoms with Gasteiger partial charge in [0.25, 0.3) is 0 Å². The molecule has 0 spiro atoms. The van der Waals surface area contributed by atoms with Gasteiger partial charge in [0, 0.05) is 42.8 Å². The summed E-state index contributed by atoms with van der Waals surface area (Å²) in [4.78, 5) is 9.56. The first-order valence-electron chi connectivity index (χ1n) is 7.80. The maximum Gasteiger partial charge on any atom is 0.194 e. The van der Waals surface area contributed by atoms with Crippen molar-refractivity contribution < 1.29 is 0 Å². The molecule has 2 aromatic rings. The number of hydrogen-bond donors (Lipinski definition) is 1. The fourth-order valence-corrected chi connectivity index (χ4v) is 3.74. The zero-order chi connectivity index (χ0) is 15.6. The number of nitrogens with zero attached hydrogens (tertiary/aromatic N) is 3. The molecule has 0 amide bonds. The summed E-state index contributed by atoms with van der Waals surface area (Å²) >= 11 is 1.75. The molecule has 21 heavy (non-hydrogen) atoms. The molecule has 0 atom stereocenters. The Morgan fingerprint density at radius 2 is 1.90 bits per heavy atom. The standard InChI is InChI=1S/C16H28N4S/c1-11(2)19(12(3)4)8-7-17-9-15-14(6)18-16-20(15)10-13(5)21-16/h10-12,17H,7-9H2,1-6H3. The number of aromatic nitrogens is 2.